The fourth-order valence-corrected chi connectivity index (χ4v) is 2.68. The van der Waals surface area contributed by atoms with Gasteiger partial charge in [0.2, 0.25) is 0 Å². The highest BCUT2D eigenvalue weighted by Gasteiger charge is 2.17. The fraction of sp³-hybridized carbons (Fsp3) is 0.125. The van der Waals surface area contributed by atoms with E-state index in [0.29, 0.717) is 23.0 Å². The van der Waals surface area contributed by atoms with Gasteiger partial charge in [0.15, 0.2) is 5.76 Å². The average Bonchev–Trinajstić information content (AvgIpc) is 3.17. The monoisotopic (exact) mass is 316 g/mol. The van der Waals surface area contributed by atoms with E-state index in [9.17, 15) is 9.59 Å². The van der Waals surface area contributed by atoms with Crippen LogP contribution < -0.4 is 5.32 Å². The van der Waals surface area contributed by atoms with Crippen molar-refractivity contribution in [3.63, 3.8) is 0 Å². The van der Waals surface area contributed by atoms with E-state index in [4.69, 9.17) is 4.42 Å². The van der Waals surface area contributed by atoms with E-state index in [1.54, 1.807) is 41.3 Å². The first-order valence-electron chi connectivity index (χ1n) is 6.61. The second-order valence-corrected chi connectivity index (χ2v) is 5.47. The van der Waals surface area contributed by atoms with Gasteiger partial charge in [-0.05, 0) is 24.3 Å². The first kappa shape index (κ1) is 15.8. The van der Waals surface area contributed by atoms with Crippen molar-refractivity contribution in [3.05, 3.63) is 66.5 Å². The largest absolute Gasteiger partial charge is 0.459 e. The summed E-state index contributed by atoms with van der Waals surface area (Å²) in [7, 11) is 0. The number of amides is 2. The van der Waals surface area contributed by atoms with E-state index in [-0.39, 0.29) is 17.6 Å². The minimum absolute atomic E-state index is 0.122. The SMILES string of the molecule is C=CCN(CC=C)C(=O)c1ccc(NC(=O)c2ccco2)s1. The lowest BCUT2D eigenvalue weighted by molar-refractivity contribution is 0.0795. The van der Waals surface area contributed by atoms with Crippen LogP contribution in [0.1, 0.15) is 20.2 Å². The number of carbonyl (C=O) groups excluding carboxylic acids is 2. The molecule has 6 heteroatoms. The van der Waals surface area contributed by atoms with E-state index >= 15 is 0 Å². The molecule has 0 saturated carbocycles. The maximum Gasteiger partial charge on any atom is 0.291 e. The second kappa shape index (κ2) is 7.42. The molecule has 0 spiro atoms. The molecule has 1 N–H and O–H groups in total. The molecule has 114 valence electrons. The summed E-state index contributed by atoms with van der Waals surface area (Å²) in [6.45, 7) is 8.16. The minimum atomic E-state index is -0.347. The molecule has 0 aliphatic heterocycles. The van der Waals surface area contributed by atoms with Crippen molar-refractivity contribution in [1.82, 2.24) is 4.90 Å². The summed E-state index contributed by atoms with van der Waals surface area (Å²) in [4.78, 5) is 26.4. The maximum atomic E-state index is 12.4. The van der Waals surface area contributed by atoms with E-state index in [1.165, 1.54) is 17.6 Å². The van der Waals surface area contributed by atoms with Crippen molar-refractivity contribution in [2.45, 2.75) is 0 Å². The van der Waals surface area contributed by atoms with Gasteiger partial charge in [-0.2, -0.15) is 0 Å². The Labute approximate surface area is 132 Å². The highest BCUT2D eigenvalue weighted by Crippen LogP contribution is 2.24. The Morgan fingerprint density at radius 2 is 1.95 bits per heavy atom. The number of nitrogens with zero attached hydrogens (tertiary/aromatic N) is 1. The summed E-state index contributed by atoms with van der Waals surface area (Å²) >= 11 is 1.21. The minimum Gasteiger partial charge on any atom is -0.459 e. The Bertz CT molecular complexity index is 663. The first-order valence-corrected chi connectivity index (χ1v) is 7.43. The number of hydrogen-bond acceptors (Lipinski definition) is 4. The highest BCUT2D eigenvalue weighted by atomic mass is 32.1. The Morgan fingerprint density at radius 1 is 1.23 bits per heavy atom. The van der Waals surface area contributed by atoms with Crippen LogP contribution >= 0.6 is 11.3 Å². The topological polar surface area (TPSA) is 62.6 Å². The second-order valence-electron chi connectivity index (χ2n) is 4.38. The van der Waals surface area contributed by atoms with Crippen LogP contribution in [-0.2, 0) is 0 Å². The van der Waals surface area contributed by atoms with Crippen LogP contribution in [0.25, 0.3) is 0 Å². The van der Waals surface area contributed by atoms with Gasteiger partial charge in [0.25, 0.3) is 11.8 Å². The van der Waals surface area contributed by atoms with E-state index in [1.807, 2.05) is 0 Å². The number of thiophene rings is 1. The van der Waals surface area contributed by atoms with Crippen molar-refractivity contribution < 1.29 is 14.0 Å². The predicted molar refractivity (Wildman–Crippen MR) is 87.3 cm³/mol. The molecule has 2 amide bonds. The Balaban J connectivity index is 2.06. The molecule has 0 saturated heterocycles. The molecule has 2 heterocycles. The average molecular weight is 316 g/mol. The fourth-order valence-electron chi connectivity index (χ4n) is 1.81. The molecule has 0 atom stereocenters. The van der Waals surface area contributed by atoms with Gasteiger partial charge in [0.05, 0.1) is 16.1 Å². The zero-order chi connectivity index (χ0) is 15.9. The lowest BCUT2D eigenvalue weighted by Gasteiger charge is -2.18. The van der Waals surface area contributed by atoms with Gasteiger partial charge >= 0.3 is 0 Å². The molecular weight excluding hydrogens is 300 g/mol. The van der Waals surface area contributed by atoms with E-state index < -0.39 is 0 Å². The first-order chi connectivity index (χ1) is 10.7. The van der Waals surface area contributed by atoms with E-state index in [2.05, 4.69) is 18.5 Å². The number of carbonyl (C=O) groups is 2. The van der Waals surface area contributed by atoms with Crippen LogP contribution in [0.15, 0.2) is 60.3 Å². The summed E-state index contributed by atoms with van der Waals surface area (Å²) < 4.78 is 5.02. The summed E-state index contributed by atoms with van der Waals surface area (Å²) in [6, 6.07) is 6.59. The Morgan fingerprint density at radius 3 is 2.55 bits per heavy atom. The lowest BCUT2D eigenvalue weighted by atomic mass is 10.3. The third-order valence-electron chi connectivity index (χ3n) is 2.78. The molecule has 0 radical (unpaired) electrons. The van der Waals surface area contributed by atoms with Crippen molar-refractivity contribution in [1.29, 1.82) is 0 Å². The van der Waals surface area contributed by atoms with Gasteiger partial charge in [-0.25, -0.2) is 0 Å². The molecule has 2 rings (SSSR count). The van der Waals surface area contributed by atoms with Crippen molar-refractivity contribution in [3.8, 4) is 0 Å². The zero-order valence-electron chi connectivity index (χ0n) is 12.0. The smallest absolute Gasteiger partial charge is 0.291 e. The van der Waals surface area contributed by atoms with E-state index in [0.717, 1.165) is 0 Å². The van der Waals surface area contributed by atoms with Crippen LogP contribution in [-0.4, -0.2) is 29.8 Å². The number of nitrogens with one attached hydrogen (secondary N) is 1. The normalized spacial score (nSPS) is 10.0. The molecular formula is C16H16N2O3S. The van der Waals surface area contributed by atoms with Crippen molar-refractivity contribution >= 4 is 28.2 Å². The van der Waals surface area contributed by atoms with Crippen LogP contribution in [0.2, 0.25) is 0 Å². The quantitative estimate of drug-likeness (QED) is 0.796. The number of hydrogen-bond donors (Lipinski definition) is 1. The molecule has 0 unspecified atom stereocenters. The number of anilines is 1. The summed E-state index contributed by atoms with van der Waals surface area (Å²) in [5.74, 6) is -0.246. The van der Waals surface area contributed by atoms with Crippen LogP contribution in [0.4, 0.5) is 5.00 Å². The molecule has 0 aromatic carbocycles. The predicted octanol–water partition coefficient (Wildman–Crippen LogP) is 3.41. The lowest BCUT2D eigenvalue weighted by Crippen LogP contribution is -2.30. The standard InChI is InChI=1S/C16H16N2O3S/c1-3-9-18(10-4-2)16(20)13-7-8-14(22-13)17-15(19)12-6-5-11-21-12/h3-8,11H,1-2,9-10H2,(H,17,19). The summed E-state index contributed by atoms with van der Waals surface area (Å²) in [6.07, 6.45) is 4.75. The molecule has 2 aromatic rings. The van der Waals surface area contributed by atoms with Crippen molar-refractivity contribution in [2.75, 3.05) is 18.4 Å². The van der Waals surface area contributed by atoms with Crippen molar-refractivity contribution in [2.24, 2.45) is 0 Å². The summed E-state index contributed by atoms with van der Waals surface area (Å²) in [5.41, 5.74) is 0. The molecule has 0 aliphatic rings. The molecule has 0 fully saturated rings. The molecule has 2 aromatic heterocycles. The van der Waals surface area contributed by atoms with Gasteiger partial charge in [-0.15, -0.1) is 24.5 Å². The molecule has 22 heavy (non-hydrogen) atoms. The Kier molecular flexibility index (Phi) is 5.32. The van der Waals surface area contributed by atoms with Crippen LogP contribution in [0.3, 0.4) is 0 Å². The van der Waals surface area contributed by atoms with Gasteiger partial charge < -0.3 is 14.6 Å². The third kappa shape index (κ3) is 3.73. The number of rotatable bonds is 7. The van der Waals surface area contributed by atoms with Gasteiger partial charge in [-0.1, -0.05) is 12.2 Å². The Hall–Kier alpha value is -2.60. The highest BCUT2D eigenvalue weighted by molar-refractivity contribution is 7.18. The molecule has 5 nitrogen and oxygen atoms in total. The van der Waals surface area contributed by atoms with Gasteiger partial charge in [0, 0.05) is 13.1 Å². The third-order valence-corrected chi connectivity index (χ3v) is 3.77. The summed E-state index contributed by atoms with van der Waals surface area (Å²) in [5, 5.41) is 3.28. The van der Waals surface area contributed by atoms with Crippen LogP contribution in [0.5, 0.6) is 0 Å². The van der Waals surface area contributed by atoms with Crippen LogP contribution in [0, 0.1) is 0 Å². The number of furan rings is 1. The zero-order valence-corrected chi connectivity index (χ0v) is 12.8. The van der Waals surface area contributed by atoms with Gasteiger partial charge in [0.1, 0.15) is 0 Å². The van der Waals surface area contributed by atoms with Gasteiger partial charge in [-0.3, -0.25) is 9.59 Å². The molecule has 0 bridgehead atoms. The molecule has 0 aliphatic carbocycles. The maximum absolute atomic E-state index is 12.4.